The third kappa shape index (κ3) is 44.5. The molecule has 0 rings (SSSR count). The van der Waals surface area contributed by atoms with Gasteiger partial charge in [-0.05, 0) is 89.9 Å². The van der Waals surface area contributed by atoms with E-state index in [0.29, 0.717) is 30.3 Å². The van der Waals surface area contributed by atoms with E-state index in [-0.39, 0.29) is 26.1 Å². The molecular weight excluding hydrogens is 774 g/mol. The molecule has 0 fully saturated rings. The van der Waals surface area contributed by atoms with Gasteiger partial charge in [0.05, 0.1) is 27.7 Å². The molecule has 0 heterocycles. The first-order valence-electron chi connectivity index (χ1n) is 22.9. The average molecular weight is 858 g/mol. The smallest absolute Gasteiger partial charge is 0.306 e. The van der Waals surface area contributed by atoms with Crippen molar-refractivity contribution in [2.45, 2.75) is 161 Å². The summed E-state index contributed by atoms with van der Waals surface area (Å²) >= 11 is 0. The van der Waals surface area contributed by atoms with Crippen molar-refractivity contribution in [1.29, 1.82) is 0 Å². The molecule has 9 nitrogen and oxygen atoms in total. The Hall–Kier alpha value is -3.07. The number of phosphoric ester groups is 1. The first kappa shape index (κ1) is 56.9. The molecule has 0 amide bonds. The van der Waals surface area contributed by atoms with E-state index in [4.69, 9.17) is 18.5 Å². The maximum Gasteiger partial charge on any atom is 0.306 e. The summed E-state index contributed by atoms with van der Waals surface area (Å²) in [7, 11) is 1.10. The zero-order chi connectivity index (χ0) is 44.3. The number of nitrogens with zero attached hydrogens (tertiary/aromatic N) is 1. The maximum absolute atomic E-state index is 12.7. The van der Waals surface area contributed by atoms with Crippen molar-refractivity contribution in [3.8, 4) is 0 Å². The summed E-state index contributed by atoms with van der Waals surface area (Å²) in [5, 5.41) is 0. The zero-order valence-corrected chi connectivity index (χ0v) is 39.3. The highest BCUT2D eigenvalue weighted by molar-refractivity contribution is 7.45. The van der Waals surface area contributed by atoms with Crippen molar-refractivity contribution >= 4 is 19.8 Å². The van der Waals surface area contributed by atoms with Crippen molar-refractivity contribution in [1.82, 2.24) is 0 Å². The van der Waals surface area contributed by atoms with Crippen LogP contribution in [0.4, 0.5) is 0 Å². The lowest BCUT2D eigenvalue weighted by molar-refractivity contribution is -0.870. The van der Waals surface area contributed by atoms with E-state index in [2.05, 4.69) is 105 Å². The standard InChI is InChI=1S/C50H84NO8P/c1-6-8-10-12-14-16-18-20-22-24-25-27-28-30-32-34-36-38-40-42-49(52)56-46-48(47-58-60(54,55)57-45-44-51(3,4)5)59-50(53)43-41-39-37-35-33-31-29-26-23-21-19-17-15-13-11-9-7-2/h8,10,14,16,20-23,25,27,29-32,35,37,48H,6-7,9,11-13,15,17-19,24,26,28,33-34,36,38-47H2,1-5H3/b10-8-,16-14-,22-20-,23-21-,27-25-,31-29-,32-30-,37-35-/t48-/m1/s1. The van der Waals surface area contributed by atoms with Crippen molar-refractivity contribution in [2.24, 2.45) is 0 Å². The molecule has 0 aliphatic rings. The molecule has 0 aliphatic carbocycles. The minimum atomic E-state index is -4.65. The first-order valence-corrected chi connectivity index (χ1v) is 24.4. The van der Waals surface area contributed by atoms with Crippen molar-refractivity contribution in [3.63, 3.8) is 0 Å². The van der Waals surface area contributed by atoms with Crippen LogP contribution < -0.4 is 4.89 Å². The normalized spacial score (nSPS) is 14.4. The van der Waals surface area contributed by atoms with Crippen LogP contribution in [0.25, 0.3) is 0 Å². The molecule has 0 radical (unpaired) electrons. The van der Waals surface area contributed by atoms with E-state index in [1.54, 1.807) is 0 Å². The van der Waals surface area contributed by atoms with Crippen LogP contribution in [0.2, 0.25) is 0 Å². The summed E-state index contributed by atoms with van der Waals surface area (Å²) in [6.07, 6.45) is 54.4. The predicted molar refractivity (Wildman–Crippen MR) is 249 cm³/mol. The van der Waals surface area contributed by atoms with Crippen LogP contribution in [-0.4, -0.2) is 70.0 Å². The monoisotopic (exact) mass is 858 g/mol. The Morgan fingerprint density at radius 2 is 0.967 bits per heavy atom. The average Bonchev–Trinajstić information content (AvgIpc) is 3.20. The van der Waals surface area contributed by atoms with E-state index < -0.39 is 32.5 Å². The lowest BCUT2D eigenvalue weighted by atomic mass is 10.1. The second kappa shape index (κ2) is 41.3. The van der Waals surface area contributed by atoms with E-state index >= 15 is 0 Å². The van der Waals surface area contributed by atoms with Crippen LogP contribution in [0, 0.1) is 0 Å². The number of allylic oxidation sites excluding steroid dienone is 16. The molecule has 0 aliphatic heterocycles. The summed E-state index contributed by atoms with van der Waals surface area (Å²) < 4.78 is 33.8. The zero-order valence-electron chi connectivity index (χ0n) is 38.4. The lowest BCUT2D eigenvalue weighted by Crippen LogP contribution is -2.37. The summed E-state index contributed by atoms with van der Waals surface area (Å²) in [5.74, 6) is -0.943. The molecule has 2 atom stereocenters. The van der Waals surface area contributed by atoms with Gasteiger partial charge in [0.1, 0.15) is 19.8 Å². The molecule has 0 saturated heterocycles. The molecule has 0 aromatic heterocycles. The van der Waals surface area contributed by atoms with E-state index in [0.717, 1.165) is 70.6 Å². The number of ether oxygens (including phenoxy) is 2. The SMILES string of the molecule is CC/C=C\C/C=C\C/C=C\C/C=C\C/C=C\CCCCCC(=O)OC[C@H](COP(=O)([O-])OCC[N+](C)(C)C)OC(=O)CCC/C=C\C/C=C\C/C=C\CCCCCCCC. The van der Waals surface area contributed by atoms with Crippen LogP contribution in [0.5, 0.6) is 0 Å². The molecule has 0 bridgehead atoms. The number of rotatable bonds is 40. The van der Waals surface area contributed by atoms with Gasteiger partial charge in [-0.15, -0.1) is 0 Å². The number of phosphoric acid groups is 1. The lowest BCUT2D eigenvalue weighted by Gasteiger charge is -2.28. The van der Waals surface area contributed by atoms with Gasteiger partial charge in [-0.2, -0.15) is 0 Å². The summed E-state index contributed by atoms with van der Waals surface area (Å²) in [6.45, 7) is 3.98. The van der Waals surface area contributed by atoms with Crippen LogP contribution in [0.3, 0.4) is 0 Å². The molecule has 0 N–H and O–H groups in total. The van der Waals surface area contributed by atoms with Gasteiger partial charge in [-0.25, -0.2) is 0 Å². The summed E-state index contributed by atoms with van der Waals surface area (Å²) in [4.78, 5) is 37.6. The van der Waals surface area contributed by atoms with Gasteiger partial charge in [0.15, 0.2) is 6.10 Å². The van der Waals surface area contributed by atoms with E-state index in [1.165, 1.54) is 38.5 Å². The quantitative estimate of drug-likeness (QED) is 0.0197. The van der Waals surface area contributed by atoms with Crippen LogP contribution >= 0.6 is 7.82 Å². The Morgan fingerprint density at radius 3 is 1.47 bits per heavy atom. The molecule has 0 spiro atoms. The molecule has 0 aromatic rings. The highest BCUT2D eigenvalue weighted by Crippen LogP contribution is 2.38. The topological polar surface area (TPSA) is 111 Å². The van der Waals surface area contributed by atoms with Crippen LogP contribution in [-0.2, 0) is 32.7 Å². The number of unbranched alkanes of at least 4 members (excludes halogenated alkanes) is 10. The van der Waals surface area contributed by atoms with Gasteiger partial charge in [-0.1, -0.05) is 150 Å². The predicted octanol–water partition coefficient (Wildman–Crippen LogP) is 12.7. The summed E-state index contributed by atoms with van der Waals surface area (Å²) in [6, 6.07) is 0. The number of quaternary nitrogens is 1. The highest BCUT2D eigenvalue weighted by Gasteiger charge is 2.21. The summed E-state index contributed by atoms with van der Waals surface area (Å²) in [5.41, 5.74) is 0. The third-order valence-electron chi connectivity index (χ3n) is 9.09. The molecule has 1 unspecified atom stereocenters. The van der Waals surface area contributed by atoms with E-state index in [1.807, 2.05) is 27.2 Å². The van der Waals surface area contributed by atoms with E-state index in [9.17, 15) is 19.0 Å². The minimum absolute atomic E-state index is 0.0511. The number of hydrogen-bond acceptors (Lipinski definition) is 8. The fourth-order valence-electron chi connectivity index (χ4n) is 5.52. The Labute approximate surface area is 366 Å². The number of hydrogen-bond donors (Lipinski definition) is 0. The fourth-order valence-corrected chi connectivity index (χ4v) is 6.25. The number of esters is 2. The third-order valence-corrected chi connectivity index (χ3v) is 10.1. The number of carbonyl (C=O) groups is 2. The number of carbonyl (C=O) groups excluding carboxylic acids is 2. The Kier molecular flexibility index (Phi) is 39.2. The molecule has 0 saturated carbocycles. The molecule has 10 heteroatoms. The Balaban J connectivity index is 4.50. The van der Waals surface area contributed by atoms with Crippen LogP contribution in [0.1, 0.15) is 155 Å². The molecular formula is C50H84NO8P. The maximum atomic E-state index is 12.7. The minimum Gasteiger partial charge on any atom is -0.756 e. The second-order valence-corrected chi connectivity index (χ2v) is 17.4. The van der Waals surface area contributed by atoms with Crippen LogP contribution in [0.15, 0.2) is 97.2 Å². The van der Waals surface area contributed by atoms with Gasteiger partial charge in [0.2, 0.25) is 0 Å². The van der Waals surface area contributed by atoms with Gasteiger partial charge >= 0.3 is 11.9 Å². The van der Waals surface area contributed by atoms with Crippen molar-refractivity contribution in [3.05, 3.63) is 97.2 Å². The van der Waals surface area contributed by atoms with Gasteiger partial charge in [0, 0.05) is 12.8 Å². The van der Waals surface area contributed by atoms with Gasteiger partial charge in [0.25, 0.3) is 7.82 Å². The molecule has 0 aromatic carbocycles. The van der Waals surface area contributed by atoms with Gasteiger partial charge in [-0.3, -0.25) is 14.2 Å². The van der Waals surface area contributed by atoms with Crippen molar-refractivity contribution in [2.75, 3.05) is 47.5 Å². The Bertz CT molecular complexity index is 1340. The molecule has 342 valence electrons. The van der Waals surface area contributed by atoms with Crippen molar-refractivity contribution < 1.29 is 42.1 Å². The number of likely N-dealkylation sites (N-methyl/N-ethyl adjacent to an activating group) is 1. The first-order chi connectivity index (χ1) is 29.0. The van der Waals surface area contributed by atoms with Gasteiger partial charge < -0.3 is 27.9 Å². The fraction of sp³-hybridized carbons (Fsp3) is 0.640. The Morgan fingerprint density at radius 1 is 0.533 bits per heavy atom. The molecule has 60 heavy (non-hydrogen) atoms. The highest BCUT2D eigenvalue weighted by atomic mass is 31.2. The second-order valence-electron chi connectivity index (χ2n) is 16.0. The largest absolute Gasteiger partial charge is 0.756 e.